The van der Waals surface area contributed by atoms with Gasteiger partial charge in [-0.15, -0.1) is 0 Å². The van der Waals surface area contributed by atoms with Crippen LogP contribution in [-0.2, 0) is 0 Å². The Labute approximate surface area is 85.9 Å². The topological polar surface area (TPSA) is 6.48 Å². The Kier molecular flexibility index (Phi) is 2.38. The molecule has 2 fully saturated rings. The molecule has 2 heterocycles. The Balaban J connectivity index is 1.75. The number of hydrogen-bond acceptors (Lipinski definition) is 2. The van der Waals surface area contributed by atoms with E-state index >= 15 is 0 Å². The summed E-state index contributed by atoms with van der Waals surface area (Å²) in [5.74, 6) is 0. The fourth-order valence-corrected chi connectivity index (χ4v) is 4.31. The first-order chi connectivity index (χ1) is 5.65. The Hall–Kier alpha value is 0.650. The number of rotatable bonds is 2. The van der Waals surface area contributed by atoms with E-state index in [0.29, 0.717) is 21.5 Å². The summed E-state index contributed by atoms with van der Waals surface area (Å²) in [6, 6.07) is 0.765. The quantitative estimate of drug-likeness (QED) is 0.318. The van der Waals surface area contributed by atoms with E-state index in [0.717, 1.165) is 11.5 Å². The van der Waals surface area contributed by atoms with Crippen molar-refractivity contribution in [3.63, 3.8) is 0 Å². The van der Waals surface area contributed by atoms with Gasteiger partial charge in [-0.1, -0.05) is 0 Å². The van der Waals surface area contributed by atoms with Crippen molar-refractivity contribution in [1.82, 2.24) is 8.01 Å². The van der Waals surface area contributed by atoms with Crippen LogP contribution < -0.4 is 21.5 Å². The zero-order chi connectivity index (χ0) is 8.77. The van der Waals surface area contributed by atoms with E-state index in [4.69, 9.17) is 0 Å². The second kappa shape index (κ2) is 3.10. The van der Waals surface area contributed by atoms with E-state index in [-0.39, 0.29) is 0 Å². The predicted octanol–water partition coefficient (Wildman–Crippen LogP) is -2.35. The van der Waals surface area contributed by atoms with Gasteiger partial charge in [-0.25, -0.2) is 0 Å². The maximum atomic E-state index is 2.65. The Morgan fingerprint density at radius 3 is 2.17 bits per heavy atom. The number of likely N-dealkylation sites (tertiary alicyclic amines) is 1. The molecule has 0 saturated carbocycles. The van der Waals surface area contributed by atoms with Gasteiger partial charge in [0, 0.05) is 0 Å². The third kappa shape index (κ3) is 1.40. The molecule has 0 unspecified atom stereocenters. The molecule has 0 aromatic heterocycles. The molecule has 2 aliphatic heterocycles. The van der Waals surface area contributed by atoms with Crippen LogP contribution in [0, 0.1) is 5.41 Å². The van der Waals surface area contributed by atoms with Crippen molar-refractivity contribution in [3.8, 4) is 0 Å². The average Bonchev–Trinajstić information content (AvgIpc) is 1.81. The molecule has 2 aliphatic rings. The molecule has 3 heteroatoms. The number of alkyl halides is 1. The van der Waals surface area contributed by atoms with Crippen LogP contribution in [0.2, 0.25) is 0 Å². The molecule has 0 bridgehead atoms. The molecule has 0 atom stereocenters. The summed E-state index contributed by atoms with van der Waals surface area (Å²) in [5, 5.41) is 0. The van der Waals surface area contributed by atoms with E-state index in [9.17, 15) is 0 Å². The molecular weight excluding hydrogens is 263 g/mol. The zero-order valence-corrected chi connectivity index (χ0v) is 10.3. The monoisotopic (exact) mass is 281 g/mol. The summed E-state index contributed by atoms with van der Waals surface area (Å²) in [5.41, 5.74) is 0.750. The maximum absolute atomic E-state index is 2.65. The van der Waals surface area contributed by atoms with E-state index in [1.54, 1.807) is 0 Å². The fourth-order valence-electron chi connectivity index (χ4n) is 2.18. The molecule has 0 N–H and O–H groups in total. The minimum absolute atomic E-state index is 0.384. The van der Waals surface area contributed by atoms with E-state index < -0.39 is 0 Å². The molecule has 0 aromatic rings. The fraction of sp³-hybridized carbons (Fsp3) is 1.00. The van der Waals surface area contributed by atoms with Crippen LogP contribution in [-0.4, -0.2) is 45.2 Å². The zero-order valence-electron chi connectivity index (χ0n) is 8.18. The van der Waals surface area contributed by atoms with Crippen molar-refractivity contribution >= 4 is 0 Å². The molecule has 2 saturated heterocycles. The molecule has 2 nitrogen and oxygen atoms in total. The van der Waals surface area contributed by atoms with Gasteiger partial charge in [0.25, 0.3) is 0 Å². The molecule has 0 aromatic carbocycles. The summed E-state index contributed by atoms with van der Waals surface area (Å²) in [4.78, 5) is 4.95. The summed E-state index contributed by atoms with van der Waals surface area (Å²) in [6.07, 6.45) is 0. The van der Waals surface area contributed by atoms with Gasteiger partial charge >= 0.3 is 85.9 Å². The summed E-state index contributed by atoms with van der Waals surface area (Å²) < 4.78 is 2.65. The molecule has 1 spiro atoms. The van der Waals surface area contributed by atoms with Gasteiger partial charge in [0.1, 0.15) is 0 Å². The van der Waals surface area contributed by atoms with E-state index in [1.165, 1.54) is 26.2 Å². The van der Waals surface area contributed by atoms with Gasteiger partial charge in [-0.2, -0.15) is 0 Å². The van der Waals surface area contributed by atoms with Crippen LogP contribution in [0.3, 0.4) is 0 Å². The summed E-state index contributed by atoms with van der Waals surface area (Å²) >= 11 is 0.384. The molecule has 72 valence electrons. The van der Waals surface area contributed by atoms with Crippen LogP contribution in [0.15, 0.2) is 0 Å². The molecule has 12 heavy (non-hydrogen) atoms. The first kappa shape index (κ1) is 9.21. The Morgan fingerprint density at radius 1 is 1.17 bits per heavy atom. The average molecular weight is 281 g/mol. The van der Waals surface area contributed by atoms with Gasteiger partial charge in [0.05, 0.1) is 0 Å². The molecule has 0 aliphatic carbocycles. The van der Waals surface area contributed by atoms with Crippen molar-refractivity contribution in [3.05, 3.63) is 0 Å². The number of nitrogens with zero attached hydrogens (tertiary/aromatic N) is 2. The van der Waals surface area contributed by atoms with Crippen LogP contribution >= 0.6 is 0 Å². The Morgan fingerprint density at radius 2 is 1.75 bits per heavy atom. The van der Waals surface area contributed by atoms with Gasteiger partial charge in [-0.3, -0.25) is 0 Å². The SMILES string of the molecule is C[I-]N1CC2(C1)CN(C(C)C)C2. The van der Waals surface area contributed by atoms with E-state index in [2.05, 4.69) is 26.8 Å². The molecule has 2 rings (SSSR count). The normalized spacial score (nSPS) is 29.3. The van der Waals surface area contributed by atoms with Crippen LogP contribution in [0.4, 0.5) is 0 Å². The van der Waals surface area contributed by atoms with Crippen molar-refractivity contribution in [2.45, 2.75) is 19.9 Å². The van der Waals surface area contributed by atoms with Crippen molar-refractivity contribution < 1.29 is 21.5 Å². The minimum atomic E-state index is 0.384. The predicted molar refractivity (Wildman–Crippen MR) is 46.6 cm³/mol. The first-order valence-electron chi connectivity index (χ1n) is 4.64. The van der Waals surface area contributed by atoms with Crippen molar-refractivity contribution in [2.75, 3.05) is 31.1 Å². The third-order valence-electron chi connectivity index (χ3n) is 3.06. The Bertz CT molecular complexity index is 167. The van der Waals surface area contributed by atoms with Gasteiger partial charge in [0.15, 0.2) is 0 Å². The number of halogens is 1. The van der Waals surface area contributed by atoms with Crippen molar-refractivity contribution in [1.29, 1.82) is 0 Å². The second-order valence-corrected chi connectivity index (χ2v) is 6.78. The second-order valence-electron chi connectivity index (χ2n) is 4.45. The third-order valence-corrected chi connectivity index (χ3v) is 5.11. The van der Waals surface area contributed by atoms with Crippen LogP contribution in [0.25, 0.3) is 0 Å². The number of hydrogen-bond donors (Lipinski definition) is 0. The van der Waals surface area contributed by atoms with E-state index in [1.807, 2.05) is 0 Å². The summed E-state index contributed by atoms with van der Waals surface area (Å²) in [6.45, 7) is 10.1. The van der Waals surface area contributed by atoms with Crippen LogP contribution in [0.1, 0.15) is 13.8 Å². The van der Waals surface area contributed by atoms with Gasteiger partial charge in [0.2, 0.25) is 0 Å². The van der Waals surface area contributed by atoms with Gasteiger partial charge in [-0.05, 0) is 0 Å². The first-order valence-corrected chi connectivity index (χ1v) is 7.76. The standard InChI is InChI=1S/C9H18IN2/c1-8(2)11-4-9(5-11)6-12(7-9)10-3/h8H,4-7H2,1-3H3/q-1. The molecule has 0 amide bonds. The molecule has 0 radical (unpaired) electrons. The molecular formula is C9H18IN2-. The van der Waals surface area contributed by atoms with Crippen molar-refractivity contribution in [2.24, 2.45) is 5.41 Å². The summed E-state index contributed by atoms with van der Waals surface area (Å²) in [7, 11) is 0. The van der Waals surface area contributed by atoms with Crippen LogP contribution in [0.5, 0.6) is 0 Å². The van der Waals surface area contributed by atoms with Gasteiger partial charge < -0.3 is 0 Å².